The van der Waals surface area contributed by atoms with Crippen molar-refractivity contribution in [1.29, 1.82) is 0 Å². The van der Waals surface area contributed by atoms with Gasteiger partial charge in [-0.05, 0) is 58.2 Å². The van der Waals surface area contributed by atoms with Crippen LogP contribution in [0.3, 0.4) is 0 Å². The quantitative estimate of drug-likeness (QED) is 0.718. The highest BCUT2D eigenvalue weighted by molar-refractivity contribution is 4.72. The number of nitrogens with one attached hydrogen (secondary N) is 1. The van der Waals surface area contributed by atoms with Crippen molar-refractivity contribution >= 4 is 0 Å². The van der Waals surface area contributed by atoms with Gasteiger partial charge in [0.1, 0.15) is 0 Å². The number of likely N-dealkylation sites (tertiary alicyclic amines) is 1. The van der Waals surface area contributed by atoms with Crippen LogP contribution in [-0.4, -0.2) is 37.1 Å². The van der Waals surface area contributed by atoms with E-state index < -0.39 is 0 Å². The Balaban J connectivity index is 2.08. The van der Waals surface area contributed by atoms with Crippen molar-refractivity contribution in [2.24, 2.45) is 5.92 Å². The largest absolute Gasteiger partial charge is 0.315 e. The fourth-order valence-corrected chi connectivity index (χ4v) is 2.76. The molecule has 0 aromatic rings. The number of hydrogen-bond acceptors (Lipinski definition) is 2. The van der Waals surface area contributed by atoms with Crippen LogP contribution in [0.25, 0.3) is 0 Å². The molecule has 16 heavy (non-hydrogen) atoms. The van der Waals surface area contributed by atoms with E-state index in [0.717, 1.165) is 12.5 Å². The topological polar surface area (TPSA) is 15.3 Å². The Morgan fingerprint density at radius 2 is 2.19 bits per heavy atom. The number of piperidine rings is 1. The fraction of sp³-hybridized carbons (Fsp3) is 1.00. The van der Waals surface area contributed by atoms with Gasteiger partial charge < -0.3 is 10.2 Å². The van der Waals surface area contributed by atoms with Crippen molar-refractivity contribution in [3.8, 4) is 0 Å². The molecule has 0 aliphatic carbocycles. The van der Waals surface area contributed by atoms with Gasteiger partial charge in [0.25, 0.3) is 0 Å². The summed E-state index contributed by atoms with van der Waals surface area (Å²) >= 11 is 0. The third kappa shape index (κ3) is 5.31. The molecule has 1 saturated heterocycles. The number of nitrogens with zero attached hydrogens (tertiary/aromatic N) is 1. The molecule has 0 spiro atoms. The summed E-state index contributed by atoms with van der Waals surface area (Å²) in [4.78, 5) is 2.68. The Morgan fingerprint density at radius 3 is 2.88 bits per heavy atom. The van der Waals surface area contributed by atoms with Crippen LogP contribution in [0.5, 0.6) is 0 Å². The van der Waals surface area contributed by atoms with Crippen molar-refractivity contribution in [3.63, 3.8) is 0 Å². The molecule has 1 heterocycles. The predicted octanol–water partition coefficient (Wildman–Crippen LogP) is 2.89. The lowest BCUT2D eigenvalue weighted by molar-refractivity contribution is 0.168. The summed E-state index contributed by atoms with van der Waals surface area (Å²) < 4.78 is 0. The molecule has 0 aromatic heterocycles. The minimum atomic E-state index is 0.691. The summed E-state index contributed by atoms with van der Waals surface area (Å²) in [6, 6.07) is 0.691. The summed E-state index contributed by atoms with van der Waals surface area (Å²) in [6.07, 6.45) is 6.91. The molecule has 2 heteroatoms. The molecule has 1 aliphatic rings. The van der Waals surface area contributed by atoms with Crippen LogP contribution in [0.2, 0.25) is 0 Å². The average molecular weight is 226 g/mol. The lowest BCUT2D eigenvalue weighted by Crippen LogP contribution is -2.36. The van der Waals surface area contributed by atoms with Crippen molar-refractivity contribution in [2.45, 2.75) is 58.9 Å². The second-order valence-electron chi connectivity index (χ2n) is 5.32. The molecule has 0 amide bonds. The van der Waals surface area contributed by atoms with E-state index in [4.69, 9.17) is 0 Å². The Bertz CT molecular complexity index is 170. The Kier molecular flexibility index (Phi) is 7.06. The van der Waals surface area contributed by atoms with Crippen LogP contribution in [0, 0.1) is 5.92 Å². The maximum Gasteiger partial charge on any atom is 0.00390 e. The molecule has 1 N–H and O–H groups in total. The maximum atomic E-state index is 3.48. The first-order valence-corrected chi connectivity index (χ1v) is 7.22. The van der Waals surface area contributed by atoms with E-state index in [1.807, 2.05) is 0 Å². The summed E-state index contributed by atoms with van der Waals surface area (Å²) in [5.41, 5.74) is 0. The molecule has 0 radical (unpaired) electrons. The summed E-state index contributed by atoms with van der Waals surface area (Å²) in [5, 5.41) is 3.48. The predicted molar refractivity (Wildman–Crippen MR) is 71.8 cm³/mol. The van der Waals surface area contributed by atoms with Gasteiger partial charge in [-0.2, -0.15) is 0 Å². The SMILES string of the molecule is CCNC(C)CCCN1CCCC(CC)C1. The zero-order valence-electron chi connectivity index (χ0n) is 11.5. The number of hydrogen-bond donors (Lipinski definition) is 1. The molecule has 1 rings (SSSR count). The minimum Gasteiger partial charge on any atom is -0.315 e. The average Bonchev–Trinajstić information content (AvgIpc) is 2.30. The maximum absolute atomic E-state index is 3.48. The van der Waals surface area contributed by atoms with E-state index in [1.165, 1.54) is 51.7 Å². The van der Waals surface area contributed by atoms with E-state index in [2.05, 4.69) is 31.0 Å². The zero-order valence-corrected chi connectivity index (χ0v) is 11.5. The summed E-state index contributed by atoms with van der Waals surface area (Å²) in [6.45, 7) is 11.9. The first-order valence-electron chi connectivity index (χ1n) is 7.22. The van der Waals surface area contributed by atoms with Crippen LogP contribution in [-0.2, 0) is 0 Å². The third-order valence-corrected chi connectivity index (χ3v) is 3.84. The molecule has 2 unspecified atom stereocenters. The van der Waals surface area contributed by atoms with Gasteiger partial charge in [-0.3, -0.25) is 0 Å². The highest BCUT2D eigenvalue weighted by Crippen LogP contribution is 2.19. The molecule has 0 bridgehead atoms. The lowest BCUT2D eigenvalue weighted by Gasteiger charge is -2.32. The van der Waals surface area contributed by atoms with Gasteiger partial charge in [0.2, 0.25) is 0 Å². The Hall–Kier alpha value is -0.0800. The standard InChI is InChI=1S/C14H30N2/c1-4-14-9-7-11-16(12-14)10-6-8-13(3)15-5-2/h13-15H,4-12H2,1-3H3. The molecule has 1 fully saturated rings. The van der Waals surface area contributed by atoms with Crippen LogP contribution in [0.1, 0.15) is 52.9 Å². The van der Waals surface area contributed by atoms with Gasteiger partial charge in [-0.1, -0.05) is 20.3 Å². The first-order chi connectivity index (χ1) is 7.76. The van der Waals surface area contributed by atoms with Gasteiger partial charge in [-0.25, -0.2) is 0 Å². The van der Waals surface area contributed by atoms with Crippen molar-refractivity contribution in [1.82, 2.24) is 10.2 Å². The molecule has 1 aliphatic heterocycles. The fourth-order valence-electron chi connectivity index (χ4n) is 2.76. The first kappa shape index (κ1) is 14.0. The van der Waals surface area contributed by atoms with Crippen molar-refractivity contribution < 1.29 is 0 Å². The van der Waals surface area contributed by atoms with Crippen LogP contribution in [0.4, 0.5) is 0 Å². The van der Waals surface area contributed by atoms with E-state index in [1.54, 1.807) is 0 Å². The monoisotopic (exact) mass is 226 g/mol. The summed E-state index contributed by atoms with van der Waals surface area (Å²) in [7, 11) is 0. The van der Waals surface area contributed by atoms with E-state index in [9.17, 15) is 0 Å². The number of rotatable bonds is 7. The Labute approximate surface area is 102 Å². The molecular formula is C14H30N2. The van der Waals surface area contributed by atoms with E-state index in [-0.39, 0.29) is 0 Å². The highest BCUT2D eigenvalue weighted by Gasteiger charge is 2.17. The van der Waals surface area contributed by atoms with Crippen LogP contribution >= 0.6 is 0 Å². The molecule has 0 aromatic carbocycles. The molecule has 96 valence electrons. The van der Waals surface area contributed by atoms with Gasteiger partial charge in [0, 0.05) is 12.6 Å². The van der Waals surface area contributed by atoms with Crippen molar-refractivity contribution in [3.05, 3.63) is 0 Å². The Morgan fingerprint density at radius 1 is 1.38 bits per heavy atom. The third-order valence-electron chi connectivity index (χ3n) is 3.84. The highest BCUT2D eigenvalue weighted by atomic mass is 15.1. The van der Waals surface area contributed by atoms with Gasteiger partial charge >= 0.3 is 0 Å². The van der Waals surface area contributed by atoms with Gasteiger partial charge in [0.05, 0.1) is 0 Å². The molecule has 0 saturated carbocycles. The minimum absolute atomic E-state index is 0.691. The van der Waals surface area contributed by atoms with E-state index >= 15 is 0 Å². The molecule has 2 atom stereocenters. The second kappa shape index (κ2) is 8.08. The van der Waals surface area contributed by atoms with Gasteiger partial charge in [-0.15, -0.1) is 0 Å². The van der Waals surface area contributed by atoms with Crippen LogP contribution < -0.4 is 5.32 Å². The van der Waals surface area contributed by atoms with Crippen molar-refractivity contribution in [2.75, 3.05) is 26.2 Å². The van der Waals surface area contributed by atoms with E-state index in [0.29, 0.717) is 6.04 Å². The smallest absolute Gasteiger partial charge is 0.00390 e. The summed E-state index contributed by atoms with van der Waals surface area (Å²) in [5.74, 6) is 0.972. The zero-order chi connectivity index (χ0) is 11.8. The van der Waals surface area contributed by atoms with Crippen LogP contribution in [0.15, 0.2) is 0 Å². The van der Waals surface area contributed by atoms with Gasteiger partial charge in [0.15, 0.2) is 0 Å². The molecule has 2 nitrogen and oxygen atoms in total. The normalized spacial score (nSPS) is 24.6. The second-order valence-corrected chi connectivity index (χ2v) is 5.32. The lowest BCUT2D eigenvalue weighted by atomic mass is 9.95. The molecular weight excluding hydrogens is 196 g/mol.